The predicted molar refractivity (Wildman–Crippen MR) is 82.7 cm³/mol. The first-order chi connectivity index (χ1) is 10.7. The summed E-state index contributed by atoms with van der Waals surface area (Å²) < 4.78 is 5.77. The van der Waals surface area contributed by atoms with E-state index < -0.39 is 5.91 Å². The third kappa shape index (κ3) is 2.51. The molecule has 1 aliphatic heterocycles. The maximum atomic E-state index is 11.6. The molecule has 2 aliphatic rings. The summed E-state index contributed by atoms with van der Waals surface area (Å²) in [5, 5.41) is 2.67. The van der Waals surface area contributed by atoms with Gasteiger partial charge in [0.15, 0.2) is 5.58 Å². The van der Waals surface area contributed by atoms with E-state index in [1.807, 2.05) is 0 Å². The van der Waals surface area contributed by atoms with E-state index in [2.05, 4.69) is 22.1 Å². The largest absolute Gasteiger partial charge is 0.455 e. The lowest BCUT2D eigenvalue weighted by atomic mass is 10.2. The number of thioether (sulfide) groups is 1. The van der Waals surface area contributed by atoms with E-state index in [1.165, 1.54) is 0 Å². The fourth-order valence-corrected chi connectivity index (χ4v) is 2.76. The van der Waals surface area contributed by atoms with Gasteiger partial charge in [-0.25, -0.2) is 0 Å². The maximum Gasteiger partial charge on any atom is 0.290 e. The number of pyridine rings is 1. The van der Waals surface area contributed by atoms with Crippen LogP contribution in [0, 0.1) is 17.8 Å². The van der Waals surface area contributed by atoms with E-state index in [4.69, 9.17) is 4.42 Å². The third-order valence-electron chi connectivity index (χ3n) is 3.35. The van der Waals surface area contributed by atoms with Crippen LogP contribution in [0.25, 0.3) is 17.0 Å². The predicted octanol–water partition coefficient (Wildman–Crippen LogP) is 2.91. The highest BCUT2D eigenvalue weighted by molar-refractivity contribution is 8.18. The van der Waals surface area contributed by atoms with E-state index in [0.29, 0.717) is 22.2 Å². The number of aromatic nitrogens is 1. The zero-order chi connectivity index (χ0) is 15.1. The summed E-state index contributed by atoms with van der Waals surface area (Å²) >= 11 is 0.863. The average Bonchev–Trinajstić information content (AvgIpc) is 3.14. The van der Waals surface area contributed by atoms with Crippen LogP contribution < -0.4 is 5.32 Å². The Morgan fingerprint density at radius 3 is 2.95 bits per heavy atom. The first kappa shape index (κ1) is 13.2. The van der Waals surface area contributed by atoms with Gasteiger partial charge in [-0.1, -0.05) is 11.8 Å². The minimum Gasteiger partial charge on any atom is -0.455 e. The van der Waals surface area contributed by atoms with Crippen molar-refractivity contribution >= 4 is 40.0 Å². The SMILES string of the molecule is O=C1NC(=O)/C(=C/c2cc3cncc(C#CC4CC4)c3o2)S1. The zero-order valence-corrected chi connectivity index (χ0v) is 12.2. The molecule has 2 aromatic heterocycles. The maximum absolute atomic E-state index is 11.6. The number of hydrogen-bond donors (Lipinski definition) is 1. The van der Waals surface area contributed by atoms with Crippen molar-refractivity contribution in [3.05, 3.63) is 34.7 Å². The first-order valence-corrected chi connectivity index (χ1v) is 7.64. The topological polar surface area (TPSA) is 72.2 Å². The number of furan rings is 1. The Morgan fingerprint density at radius 2 is 2.23 bits per heavy atom. The molecule has 2 fully saturated rings. The van der Waals surface area contributed by atoms with Gasteiger partial charge < -0.3 is 4.42 Å². The molecule has 1 saturated heterocycles. The van der Waals surface area contributed by atoms with Gasteiger partial charge in [-0.05, 0) is 30.7 Å². The number of nitrogens with zero attached hydrogens (tertiary/aromatic N) is 1. The molecular formula is C16H10N2O3S. The smallest absolute Gasteiger partial charge is 0.290 e. The van der Waals surface area contributed by atoms with Crippen LogP contribution in [0.1, 0.15) is 24.2 Å². The van der Waals surface area contributed by atoms with Crippen molar-refractivity contribution in [3.63, 3.8) is 0 Å². The lowest BCUT2D eigenvalue weighted by Gasteiger charge is -1.91. The van der Waals surface area contributed by atoms with Crippen molar-refractivity contribution in [1.29, 1.82) is 0 Å². The van der Waals surface area contributed by atoms with Gasteiger partial charge in [-0.2, -0.15) is 0 Å². The zero-order valence-electron chi connectivity index (χ0n) is 11.4. The van der Waals surface area contributed by atoms with Crippen LogP contribution in [-0.2, 0) is 4.79 Å². The van der Waals surface area contributed by atoms with Crippen molar-refractivity contribution in [2.75, 3.05) is 0 Å². The second-order valence-electron chi connectivity index (χ2n) is 5.15. The summed E-state index contributed by atoms with van der Waals surface area (Å²) in [6.45, 7) is 0. The molecule has 3 heterocycles. The van der Waals surface area contributed by atoms with Crippen molar-refractivity contribution in [2.45, 2.75) is 12.8 Å². The molecule has 0 bridgehead atoms. The standard InChI is InChI=1S/C16H10N2O3S/c19-15-13(22-16(20)18-15)6-12-5-11-8-17-7-10(14(11)21-12)4-3-9-1-2-9/h5-9H,1-2H2,(H,18,19,20)/b13-6-. The summed E-state index contributed by atoms with van der Waals surface area (Å²) in [4.78, 5) is 27.2. The molecule has 0 aromatic carbocycles. The Kier molecular flexibility index (Phi) is 3.01. The van der Waals surface area contributed by atoms with Crippen LogP contribution in [0.4, 0.5) is 4.79 Å². The average molecular weight is 310 g/mol. The normalized spacial score (nSPS) is 19.4. The van der Waals surface area contributed by atoms with Gasteiger partial charge in [0, 0.05) is 29.8 Å². The Hall–Kier alpha value is -2.52. The summed E-state index contributed by atoms with van der Waals surface area (Å²) in [6, 6.07) is 1.79. The number of carbonyl (C=O) groups excluding carboxylic acids is 2. The van der Waals surface area contributed by atoms with Gasteiger partial charge in [-0.15, -0.1) is 0 Å². The van der Waals surface area contributed by atoms with Gasteiger partial charge in [0.05, 0.1) is 10.5 Å². The van der Waals surface area contributed by atoms with Gasteiger partial charge in [0.1, 0.15) is 5.76 Å². The highest BCUT2D eigenvalue weighted by Crippen LogP contribution is 2.30. The number of fused-ring (bicyclic) bond motifs is 1. The van der Waals surface area contributed by atoms with Gasteiger partial charge >= 0.3 is 0 Å². The van der Waals surface area contributed by atoms with Crippen molar-refractivity contribution in [3.8, 4) is 11.8 Å². The summed E-state index contributed by atoms with van der Waals surface area (Å²) in [6.07, 6.45) is 7.25. The molecule has 2 amide bonds. The summed E-state index contributed by atoms with van der Waals surface area (Å²) in [5.41, 5.74) is 1.40. The molecular weight excluding hydrogens is 300 g/mol. The lowest BCUT2D eigenvalue weighted by Crippen LogP contribution is -2.17. The van der Waals surface area contributed by atoms with Gasteiger partial charge in [-0.3, -0.25) is 19.9 Å². The minimum absolute atomic E-state index is 0.322. The fourth-order valence-electron chi connectivity index (χ4n) is 2.10. The molecule has 1 aliphatic carbocycles. The Bertz CT molecular complexity index is 897. The number of amides is 2. The number of nitrogens with one attached hydrogen (secondary N) is 1. The molecule has 0 atom stereocenters. The molecule has 5 nitrogen and oxygen atoms in total. The third-order valence-corrected chi connectivity index (χ3v) is 4.16. The Labute approximate surface area is 130 Å². The number of imide groups is 1. The molecule has 0 radical (unpaired) electrons. The van der Waals surface area contributed by atoms with Crippen LogP contribution in [0.3, 0.4) is 0 Å². The van der Waals surface area contributed by atoms with Crippen LogP contribution >= 0.6 is 11.8 Å². The van der Waals surface area contributed by atoms with Crippen LogP contribution in [0.5, 0.6) is 0 Å². The van der Waals surface area contributed by atoms with Crippen molar-refractivity contribution in [1.82, 2.24) is 10.3 Å². The monoisotopic (exact) mass is 310 g/mol. The van der Waals surface area contributed by atoms with Gasteiger partial charge in [0.2, 0.25) is 0 Å². The molecule has 2 aromatic rings. The number of hydrogen-bond acceptors (Lipinski definition) is 5. The summed E-state index contributed by atoms with van der Waals surface area (Å²) in [5.74, 6) is 6.89. The highest BCUT2D eigenvalue weighted by Gasteiger charge is 2.25. The minimum atomic E-state index is -0.401. The quantitative estimate of drug-likeness (QED) is 0.647. The number of carbonyl (C=O) groups is 2. The highest BCUT2D eigenvalue weighted by atomic mass is 32.2. The van der Waals surface area contributed by atoms with E-state index in [9.17, 15) is 9.59 Å². The summed E-state index contributed by atoms with van der Waals surface area (Å²) in [7, 11) is 0. The second-order valence-corrected chi connectivity index (χ2v) is 6.16. The molecule has 108 valence electrons. The van der Waals surface area contributed by atoms with Crippen molar-refractivity contribution in [2.24, 2.45) is 5.92 Å². The van der Waals surface area contributed by atoms with Gasteiger partial charge in [0.25, 0.3) is 11.1 Å². The first-order valence-electron chi connectivity index (χ1n) is 6.83. The Morgan fingerprint density at radius 1 is 1.36 bits per heavy atom. The molecule has 1 saturated carbocycles. The molecule has 1 N–H and O–H groups in total. The molecule has 6 heteroatoms. The van der Waals surface area contributed by atoms with Crippen molar-refractivity contribution < 1.29 is 14.0 Å². The van der Waals surface area contributed by atoms with E-state index >= 15 is 0 Å². The lowest BCUT2D eigenvalue weighted by molar-refractivity contribution is -0.115. The molecule has 0 unspecified atom stereocenters. The fraction of sp³-hybridized carbons (Fsp3) is 0.188. The Balaban J connectivity index is 1.73. The van der Waals surface area contributed by atoms with E-state index in [1.54, 1.807) is 24.5 Å². The number of rotatable bonds is 1. The molecule has 4 rings (SSSR count). The molecule has 0 spiro atoms. The molecule has 22 heavy (non-hydrogen) atoms. The van der Waals surface area contributed by atoms with E-state index in [-0.39, 0.29) is 5.24 Å². The van der Waals surface area contributed by atoms with Crippen LogP contribution in [0.2, 0.25) is 0 Å². The van der Waals surface area contributed by atoms with E-state index in [0.717, 1.165) is 35.6 Å². The van der Waals surface area contributed by atoms with Crippen LogP contribution in [-0.4, -0.2) is 16.1 Å². The van der Waals surface area contributed by atoms with Crippen LogP contribution in [0.15, 0.2) is 27.8 Å². The second kappa shape index (κ2) is 5.04.